The van der Waals surface area contributed by atoms with Gasteiger partial charge in [-0.3, -0.25) is 4.79 Å². The van der Waals surface area contributed by atoms with Gasteiger partial charge in [0, 0.05) is 29.8 Å². The minimum Gasteiger partial charge on any atom is -0.367 e. The molecule has 5 rings (SSSR count). The Bertz CT molecular complexity index is 1320. The molecule has 178 valence electrons. The summed E-state index contributed by atoms with van der Waals surface area (Å²) < 4.78 is 6.58. The van der Waals surface area contributed by atoms with Gasteiger partial charge in [-0.05, 0) is 50.5 Å². The van der Waals surface area contributed by atoms with E-state index in [9.17, 15) is 14.9 Å². The molecule has 0 unspecified atom stereocenters. The highest BCUT2D eigenvalue weighted by molar-refractivity contribution is 7.99. The lowest BCUT2D eigenvalue weighted by Gasteiger charge is -2.36. The number of thioether (sulfide) groups is 1. The molecule has 2 aliphatic heterocycles. The molecule has 6 nitrogen and oxygen atoms in total. The number of hydrogen-bond acceptors (Lipinski definition) is 6. The van der Waals surface area contributed by atoms with Crippen molar-refractivity contribution in [2.45, 2.75) is 42.4 Å². The van der Waals surface area contributed by atoms with Crippen molar-refractivity contribution < 1.29 is 14.3 Å². The number of carbonyl (C=O) groups excluding carboxylic acids is 2. The van der Waals surface area contributed by atoms with Gasteiger partial charge >= 0.3 is 0 Å². The second kappa shape index (κ2) is 9.10. The van der Waals surface area contributed by atoms with Crippen LogP contribution in [0.4, 0.5) is 5.69 Å². The van der Waals surface area contributed by atoms with Crippen LogP contribution in [0.25, 0.3) is 10.8 Å². The SMILES string of the molecule is CN(C(=O)[C@@H]1[C@H](C=O)[C@@]2(CCSc3ccccn3)CC[C@]1(C)O2)c1ccc(C#N)c2ccccc12. The second-order valence-corrected chi connectivity index (χ2v) is 10.7. The van der Waals surface area contributed by atoms with Crippen molar-refractivity contribution >= 4 is 40.4 Å². The van der Waals surface area contributed by atoms with Gasteiger partial charge in [0.15, 0.2) is 0 Å². The summed E-state index contributed by atoms with van der Waals surface area (Å²) in [7, 11) is 1.75. The van der Waals surface area contributed by atoms with Gasteiger partial charge in [0.1, 0.15) is 6.29 Å². The number of anilines is 1. The monoisotopic (exact) mass is 485 g/mol. The Morgan fingerprint density at radius 2 is 1.97 bits per heavy atom. The van der Waals surface area contributed by atoms with Crippen LogP contribution in [0.2, 0.25) is 0 Å². The first kappa shape index (κ1) is 23.5. The molecule has 0 spiro atoms. The largest absolute Gasteiger partial charge is 0.367 e. The minimum absolute atomic E-state index is 0.126. The van der Waals surface area contributed by atoms with Crippen LogP contribution in [-0.4, -0.2) is 41.2 Å². The molecule has 1 amide bonds. The van der Waals surface area contributed by atoms with E-state index in [0.717, 1.165) is 46.4 Å². The molecule has 3 aromatic rings. The van der Waals surface area contributed by atoms with Crippen LogP contribution in [0.1, 0.15) is 31.7 Å². The Hall–Kier alpha value is -3.21. The molecule has 7 heteroatoms. The number of fused-ring (bicyclic) bond motifs is 3. The highest BCUT2D eigenvalue weighted by Crippen LogP contribution is 2.59. The number of amides is 1. The number of nitrogens with zero attached hydrogens (tertiary/aromatic N) is 3. The van der Waals surface area contributed by atoms with Crippen LogP contribution in [0, 0.1) is 23.2 Å². The smallest absolute Gasteiger partial charge is 0.233 e. The Kier molecular flexibility index (Phi) is 6.12. The number of carbonyl (C=O) groups is 2. The van der Waals surface area contributed by atoms with E-state index in [1.807, 2.05) is 55.5 Å². The Morgan fingerprint density at radius 3 is 2.69 bits per heavy atom. The minimum atomic E-state index is -0.686. The summed E-state index contributed by atoms with van der Waals surface area (Å²) in [6.45, 7) is 1.97. The van der Waals surface area contributed by atoms with E-state index in [1.54, 1.807) is 36.0 Å². The van der Waals surface area contributed by atoms with Gasteiger partial charge in [0.05, 0.1) is 45.4 Å². The third kappa shape index (κ3) is 3.91. The highest BCUT2D eigenvalue weighted by atomic mass is 32.2. The van der Waals surface area contributed by atoms with E-state index in [4.69, 9.17) is 4.74 Å². The van der Waals surface area contributed by atoms with E-state index >= 15 is 0 Å². The van der Waals surface area contributed by atoms with Crippen molar-refractivity contribution in [2.24, 2.45) is 11.8 Å². The zero-order valence-electron chi connectivity index (χ0n) is 19.8. The fraction of sp³-hybridized carbons (Fsp3) is 0.357. The number of benzene rings is 2. The third-order valence-corrected chi connectivity index (χ3v) is 8.59. The Morgan fingerprint density at radius 1 is 1.20 bits per heavy atom. The van der Waals surface area contributed by atoms with Crippen LogP contribution < -0.4 is 4.90 Å². The quantitative estimate of drug-likeness (QED) is 0.346. The lowest BCUT2D eigenvalue weighted by molar-refractivity contribution is -0.130. The van der Waals surface area contributed by atoms with Crippen molar-refractivity contribution in [2.75, 3.05) is 17.7 Å². The molecule has 4 atom stereocenters. The summed E-state index contributed by atoms with van der Waals surface area (Å²) in [6, 6.07) is 19.2. The number of hydrogen-bond donors (Lipinski definition) is 0. The van der Waals surface area contributed by atoms with Crippen molar-refractivity contribution in [3.05, 3.63) is 66.4 Å². The van der Waals surface area contributed by atoms with Crippen LogP contribution in [0.15, 0.2) is 65.8 Å². The molecule has 1 aromatic heterocycles. The average Bonchev–Trinajstić information content (AvgIpc) is 3.36. The maximum atomic E-state index is 14.0. The Labute approximate surface area is 209 Å². The molecule has 2 saturated heterocycles. The number of ether oxygens (including phenoxy) is 1. The lowest BCUT2D eigenvalue weighted by atomic mass is 9.66. The zero-order chi connectivity index (χ0) is 24.6. The molecule has 35 heavy (non-hydrogen) atoms. The zero-order valence-corrected chi connectivity index (χ0v) is 20.6. The lowest BCUT2D eigenvalue weighted by Crippen LogP contribution is -2.49. The van der Waals surface area contributed by atoms with Crippen LogP contribution in [0.3, 0.4) is 0 Å². The van der Waals surface area contributed by atoms with Gasteiger partial charge in [-0.15, -0.1) is 11.8 Å². The topological polar surface area (TPSA) is 83.3 Å². The highest BCUT2D eigenvalue weighted by Gasteiger charge is 2.67. The molecular weight excluding hydrogens is 458 g/mol. The number of aldehydes is 1. The number of aromatic nitrogens is 1. The van der Waals surface area contributed by atoms with Gasteiger partial charge in [-0.2, -0.15) is 5.26 Å². The molecule has 0 N–H and O–H groups in total. The second-order valence-electron chi connectivity index (χ2n) is 9.57. The van der Waals surface area contributed by atoms with Gasteiger partial charge in [0.2, 0.25) is 5.91 Å². The van der Waals surface area contributed by atoms with Crippen molar-refractivity contribution in [3.8, 4) is 6.07 Å². The van der Waals surface area contributed by atoms with Crippen molar-refractivity contribution in [1.82, 2.24) is 4.98 Å². The summed E-state index contributed by atoms with van der Waals surface area (Å²) in [5.41, 5.74) is -0.0304. The predicted octanol–water partition coefficient (Wildman–Crippen LogP) is 5.00. The van der Waals surface area contributed by atoms with Gasteiger partial charge < -0.3 is 14.4 Å². The Balaban J connectivity index is 1.42. The van der Waals surface area contributed by atoms with E-state index in [2.05, 4.69) is 11.1 Å². The summed E-state index contributed by atoms with van der Waals surface area (Å²) in [6.07, 6.45) is 4.89. The van der Waals surface area contributed by atoms with Gasteiger partial charge in [-0.25, -0.2) is 4.98 Å². The third-order valence-electron chi connectivity index (χ3n) is 7.64. The first-order chi connectivity index (χ1) is 16.9. The maximum Gasteiger partial charge on any atom is 0.233 e. The predicted molar refractivity (Wildman–Crippen MR) is 136 cm³/mol. The first-order valence-corrected chi connectivity index (χ1v) is 12.8. The molecule has 2 bridgehead atoms. The fourth-order valence-corrected chi connectivity index (χ4v) is 6.85. The standard InChI is InChI=1S/C28H27N3O3S/c1-27-12-13-28(34-27,14-16-35-24-9-5-6-15-30-24)22(18-32)25(27)26(33)31(2)23-11-10-19(17-29)20-7-3-4-8-21(20)23/h3-11,15,18,22,25H,12-14,16H2,1-2H3/t22-,25-,27-,28-/m0/s1. The molecule has 0 radical (unpaired) electrons. The molecule has 2 fully saturated rings. The number of rotatable bonds is 7. The maximum absolute atomic E-state index is 14.0. The normalized spacial score (nSPS) is 27.0. The summed E-state index contributed by atoms with van der Waals surface area (Å²) in [4.78, 5) is 32.4. The summed E-state index contributed by atoms with van der Waals surface area (Å²) >= 11 is 1.64. The average molecular weight is 486 g/mol. The van der Waals surface area contributed by atoms with Gasteiger partial charge in [0.25, 0.3) is 0 Å². The molecular formula is C28H27N3O3S. The number of nitriles is 1. The molecule has 2 aromatic carbocycles. The molecule has 0 aliphatic carbocycles. The molecule has 2 aliphatic rings. The van der Waals surface area contributed by atoms with Crippen molar-refractivity contribution in [3.63, 3.8) is 0 Å². The summed E-state index contributed by atoms with van der Waals surface area (Å²) in [5, 5.41) is 12.1. The molecule has 3 heterocycles. The summed E-state index contributed by atoms with van der Waals surface area (Å²) in [5.74, 6) is -0.439. The van der Waals surface area contributed by atoms with E-state index in [1.165, 1.54) is 0 Å². The van der Waals surface area contributed by atoms with Gasteiger partial charge in [-0.1, -0.05) is 30.3 Å². The molecule has 0 saturated carbocycles. The van der Waals surface area contributed by atoms with Crippen LogP contribution >= 0.6 is 11.8 Å². The van der Waals surface area contributed by atoms with Crippen molar-refractivity contribution in [1.29, 1.82) is 5.26 Å². The van der Waals surface area contributed by atoms with E-state index in [-0.39, 0.29) is 5.91 Å². The van der Waals surface area contributed by atoms with Crippen LogP contribution in [-0.2, 0) is 14.3 Å². The van der Waals surface area contributed by atoms with E-state index < -0.39 is 23.0 Å². The first-order valence-electron chi connectivity index (χ1n) is 11.8. The number of pyridine rings is 1. The van der Waals surface area contributed by atoms with E-state index in [0.29, 0.717) is 12.0 Å². The van der Waals surface area contributed by atoms with Crippen LogP contribution in [0.5, 0.6) is 0 Å². The fourth-order valence-electron chi connectivity index (χ4n) is 5.88.